The van der Waals surface area contributed by atoms with Crippen molar-refractivity contribution in [2.75, 3.05) is 65.3 Å². The van der Waals surface area contributed by atoms with Gasteiger partial charge in [0, 0.05) is 42.1 Å². The van der Waals surface area contributed by atoms with Gasteiger partial charge in [-0.25, -0.2) is 0 Å². The van der Waals surface area contributed by atoms with Crippen molar-refractivity contribution in [3.8, 4) is 0 Å². The number of hydrogen-bond acceptors (Lipinski definition) is 6. The summed E-state index contributed by atoms with van der Waals surface area (Å²) < 4.78 is 6.38. The number of rotatable bonds is 10. The van der Waals surface area contributed by atoms with E-state index in [4.69, 9.17) is 4.74 Å². The maximum atomic E-state index is 13.0. The second-order valence-electron chi connectivity index (χ2n) is 7.77. The molecule has 0 bridgehead atoms. The van der Waals surface area contributed by atoms with Gasteiger partial charge in [0.05, 0.1) is 30.0 Å². The smallest absolute Gasteiger partial charge is 0.166 e. The van der Waals surface area contributed by atoms with Crippen LogP contribution in [-0.4, -0.2) is 80.6 Å². The lowest BCUT2D eigenvalue weighted by molar-refractivity contribution is 0.0371. The summed E-state index contributed by atoms with van der Waals surface area (Å²) in [7, 11) is 4.14. The van der Waals surface area contributed by atoms with Gasteiger partial charge in [-0.3, -0.25) is 14.7 Å². The Labute approximate surface area is 181 Å². The van der Waals surface area contributed by atoms with Crippen LogP contribution in [0, 0.1) is 0 Å². The highest BCUT2D eigenvalue weighted by Crippen LogP contribution is 2.29. The Morgan fingerprint density at radius 1 is 1.28 bits per heavy atom. The Morgan fingerprint density at radius 3 is 2.83 bits per heavy atom. The molecule has 7 heteroatoms. The number of halogens is 1. The number of nitrogens with one attached hydrogen (secondary N) is 1. The number of carbonyl (C=O) groups is 1. The number of pyridine rings is 1. The Hall–Kier alpha value is -1.54. The molecule has 2 aromatic rings. The maximum absolute atomic E-state index is 13.0. The maximum Gasteiger partial charge on any atom is 0.166 e. The molecule has 6 nitrogen and oxygen atoms in total. The molecule has 2 heterocycles. The second kappa shape index (κ2) is 11.0. The first-order valence-corrected chi connectivity index (χ1v) is 11.1. The van der Waals surface area contributed by atoms with E-state index in [1.54, 1.807) is 6.20 Å². The summed E-state index contributed by atoms with van der Waals surface area (Å²) in [6.45, 7) is 6.25. The van der Waals surface area contributed by atoms with E-state index < -0.39 is 0 Å². The first kappa shape index (κ1) is 22.2. The zero-order valence-electron chi connectivity index (χ0n) is 17.4. The fourth-order valence-corrected chi connectivity index (χ4v) is 3.96. The van der Waals surface area contributed by atoms with Crippen molar-refractivity contribution in [2.45, 2.75) is 19.3 Å². The topological polar surface area (TPSA) is 57.7 Å². The highest BCUT2D eigenvalue weighted by molar-refractivity contribution is 9.10. The average molecular weight is 463 g/mol. The minimum absolute atomic E-state index is 0.155. The summed E-state index contributed by atoms with van der Waals surface area (Å²) in [5, 5.41) is 4.51. The first-order chi connectivity index (χ1) is 14.0. The van der Waals surface area contributed by atoms with Gasteiger partial charge < -0.3 is 15.0 Å². The lowest BCUT2D eigenvalue weighted by Gasteiger charge is -2.26. The van der Waals surface area contributed by atoms with E-state index in [1.165, 1.54) is 0 Å². The third-order valence-corrected chi connectivity index (χ3v) is 5.69. The van der Waals surface area contributed by atoms with Crippen LogP contribution >= 0.6 is 15.9 Å². The summed E-state index contributed by atoms with van der Waals surface area (Å²) in [5.74, 6) is 0.155. The number of hydrogen-bond donors (Lipinski definition) is 1. The van der Waals surface area contributed by atoms with Gasteiger partial charge in [0.25, 0.3) is 0 Å². The summed E-state index contributed by atoms with van der Waals surface area (Å²) >= 11 is 3.55. The first-order valence-electron chi connectivity index (χ1n) is 10.3. The SMILES string of the molecule is CN(C)CCCNc1c(C(=O)CCCN2CCOCC2)cnc2ccc(Br)cc12. The monoisotopic (exact) mass is 462 g/mol. The number of anilines is 1. The summed E-state index contributed by atoms with van der Waals surface area (Å²) in [5.41, 5.74) is 2.50. The van der Waals surface area contributed by atoms with E-state index in [0.717, 1.165) is 79.8 Å². The molecule has 1 aromatic heterocycles. The van der Waals surface area contributed by atoms with E-state index in [-0.39, 0.29) is 5.78 Å². The van der Waals surface area contributed by atoms with Crippen LogP contribution in [0.1, 0.15) is 29.6 Å². The summed E-state index contributed by atoms with van der Waals surface area (Å²) in [6.07, 6.45) is 4.14. The lowest BCUT2D eigenvalue weighted by atomic mass is 10.0. The van der Waals surface area contributed by atoms with Gasteiger partial charge in [-0.15, -0.1) is 0 Å². The molecular formula is C22H31BrN4O2. The minimum atomic E-state index is 0.155. The van der Waals surface area contributed by atoms with Crippen molar-refractivity contribution in [3.63, 3.8) is 0 Å². The highest BCUT2D eigenvalue weighted by atomic mass is 79.9. The largest absolute Gasteiger partial charge is 0.384 e. The van der Waals surface area contributed by atoms with Gasteiger partial charge in [0.2, 0.25) is 0 Å². The van der Waals surface area contributed by atoms with Crippen LogP contribution in [-0.2, 0) is 4.74 Å². The molecule has 0 radical (unpaired) electrons. The number of carbonyl (C=O) groups excluding carboxylic acids is 1. The molecule has 29 heavy (non-hydrogen) atoms. The third kappa shape index (κ3) is 6.47. The van der Waals surface area contributed by atoms with Crippen molar-refractivity contribution < 1.29 is 9.53 Å². The fourth-order valence-electron chi connectivity index (χ4n) is 3.60. The molecule has 1 aliphatic heterocycles. The zero-order chi connectivity index (χ0) is 20.6. The number of Topliss-reactive ketones (excluding diaryl/α,β-unsaturated/α-hetero) is 1. The number of morpholine rings is 1. The molecule has 1 N–H and O–H groups in total. The Bertz CT molecular complexity index is 822. The van der Waals surface area contributed by atoms with E-state index in [9.17, 15) is 4.79 Å². The van der Waals surface area contributed by atoms with E-state index in [1.807, 2.05) is 18.2 Å². The molecule has 1 saturated heterocycles. The molecular weight excluding hydrogens is 432 g/mol. The van der Waals surface area contributed by atoms with Crippen LogP contribution in [0.25, 0.3) is 10.9 Å². The molecule has 3 rings (SSSR count). The van der Waals surface area contributed by atoms with Crippen LogP contribution in [0.3, 0.4) is 0 Å². The molecule has 1 fully saturated rings. The quantitative estimate of drug-likeness (QED) is 0.429. The normalized spacial score (nSPS) is 15.2. The van der Waals surface area contributed by atoms with Crippen molar-refractivity contribution in [3.05, 3.63) is 34.4 Å². The van der Waals surface area contributed by atoms with Crippen LogP contribution < -0.4 is 5.32 Å². The fraction of sp³-hybridized carbons (Fsp3) is 0.545. The van der Waals surface area contributed by atoms with Crippen molar-refractivity contribution >= 4 is 38.3 Å². The number of benzene rings is 1. The van der Waals surface area contributed by atoms with Gasteiger partial charge in [0.1, 0.15) is 0 Å². The predicted molar refractivity (Wildman–Crippen MR) is 122 cm³/mol. The van der Waals surface area contributed by atoms with Crippen molar-refractivity contribution in [1.82, 2.24) is 14.8 Å². The third-order valence-electron chi connectivity index (χ3n) is 5.20. The van der Waals surface area contributed by atoms with Crippen LogP contribution in [0.5, 0.6) is 0 Å². The van der Waals surface area contributed by atoms with Crippen LogP contribution in [0.4, 0.5) is 5.69 Å². The van der Waals surface area contributed by atoms with E-state index in [2.05, 4.69) is 50.1 Å². The molecule has 1 aliphatic rings. The molecule has 0 amide bonds. The average Bonchev–Trinajstić information content (AvgIpc) is 2.71. The van der Waals surface area contributed by atoms with Crippen LogP contribution in [0.2, 0.25) is 0 Å². The van der Waals surface area contributed by atoms with Crippen LogP contribution in [0.15, 0.2) is 28.9 Å². The number of ether oxygens (including phenoxy) is 1. The predicted octanol–water partition coefficient (Wildman–Crippen LogP) is 3.66. The molecule has 158 valence electrons. The molecule has 0 aliphatic carbocycles. The van der Waals surface area contributed by atoms with Gasteiger partial charge in [-0.1, -0.05) is 15.9 Å². The molecule has 0 spiro atoms. The number of nitrogens with zero attached hydrogens (tertiary/aromatic N) is 3. The van der Waals surface area contributed by atoms with E-state index >= 15 is 0 Å². The van der Waals surface area contributed by atoms with Gasteiger partial charge >= 0.3 is 0 Å². The molecule has 1 aromatic carbocycles. The highest BCUT2D eigenvalue weighted by Gasteiger charge is 2.17. The standard InChI is InChI=1S/C22H31BrN4O2/c1-26(2)9-4-8-24-22-18-15-17(23)6-7-20(18)25-16-19(22)21(28)5-3-10-27-11-13-29-14-12-27/h6-7,15-16H,3-5,8-14H2,1-2H3,(H,24,25). The number of fused-ring (bicyclic) bond motifs is 1. The molecule has 0 saturated carbocycles. The summed E-state index contributed by atoms with van der Waals surface area (Å²) in [6, 6.07) is 6.01. The number of ketones is 1. The minimum Gasteiger partial charge on any atom is -0.384 e. The Balaban J connectivity index is 1.72. The zero-order valence-corrected chi connectivity index (χ0v) is 19.0. The van der Waals surface area contributed by atoms with Gasteiger partial charge in [-0.2, -0.15) is 0 Å². The summed E-state index contributed by atoms with van der Waals surface area (Å²) in [4.78, 5) is 22.1. The Morgan fingerprint density at radius 2 is 2.07 bits per heavy atom. The van der Waals surface area contributed by atoms with Crippen molar-refractivity contribution in [2.24, 2.45) is 0 Å². The number of aromatic nitrogens is 1. The van der Waals surface area contributed by atoms with Crippen molar-refractivity contribution in [1.29, 1.82) is 0 Å². The lowest BCUT2D eigenvalue weighted by Crippen LogP contribution is -2.36. The molecule has 0 unspecified atom stereocenters. The van der Waals surface area contributed by atoms with Gasteiger partial charge in [0.15, 0.2) is 5.78 Å². The molecule has 0 atom stereocenters. The van der Waals surface area contributed by atoms with Gasteiger partial charge in [-0.05, 0) is 58.2 Å². The second-order valence-corrected chi connectivity index (χ2v) is 8.69. The Kier molecular flexibility index (Phi) is 8.41. The van der Waals surface area contributed by atoms with E-state index in [0.29, 0.717) is 12.0 Å².